The highest BCUT2D eigenvalue weighted by atomic mass is 16.5. The van der Waals surface area contributed by atoms with Gasteiger partial charge in [0.25, 0.3) is 0 Å². The fraction of sp³-hybridized carbons (Fsp3) is 0.841. The van der Waals surface area contributed by atoms with E-state index in [1.807, 2.05) is 6.08 Å². The Hall–Kier alpha value is -2.18. The van der Waals surface area contributed by atoms with Crippen molar-refractivity contribution in [2.45, 2.75) is 328 Å². The average Bonchev–Trinajstić information content (AvgIpc) is 3.35. The summed E-state index contributed by atoms with van der Waals surface area (Å²) in [6, 6.07) is -0.632. The zero-order valence-electron chi connectivity index (χ0n) is 46.0. The SMILES string of the molecule is CCCCCCCC/C=C\CCCCCCCC(=O)OCCCCCCCCCCC/C=C\C/C=C\CCCCCCCCCCCC(=O)NC(CO)C(O)/C=C/CCCCCCCCCCCC. The molecule has 0 radical (unpaired) electrons. The number of esters is 1. The number of aliphatic hydroxyl groups is 2. The minimum Gasteiger partial charge on any atom is -0.466 e. The molecule has 0 aliphatic rings. The Morgan fingerprint density at radius 3 is 1.12 bits per heavy atom. The van der Waals surface area contributed by atoms with Gasteiger partial charge in [-0.15, -0.1) is 0 Å². The Labute approximate surface area is 429 Å². The van der Waals surface area contributed by atoms with Crippen LogP contribution in [0.25, 0.3) is 0 Å². The Bertz CT molecular complexity index is 1160. The first-order chi connectivity index (χ1) is 34.0. The van der Waals surface area contributed by atoms with E-state index < -0.39 is 12.1 Å². The lowest BCUT2D eigenvalue weighted by molar-refractivity contribution is -0.143. The van der Waals surface area contributed by atoms with E-state index in [9.17, 15) is 19.8 Å². The molecule has 0 bridgehead atoms. The fourth-order valence-corrected chi connectivity index (χ4v) is 9.13. The van der Waals surface area contributed by atoms with Crippen molar-refractivity contribution < 1.29 is 24.5 Å². The van der Waals surface area contributed by atoms with Gasteiger partial charge in [-0.25, -0.2) is 0 Å². The zero-order chi connectivity index (χ0) is 50.0. The van der Waals surface area contributed by atoms with Gasteiger partial charge in [0.1, 0.15) is 0 Å². The first-order valence-electron chi connectivity index (χ1n) is 30.4. The molecular formula is C63H117NO5. The molecule has 0 aliphatic heterocycles. The molecule has 0 aromatic carbocycles. The second-order valence-corrected chi connectivity index (χ2v) is 20.7. The third-order valence-corrected chi connectivity index (χ3v) is 13.8. The van der Waals surface area contributed by atoms with E-state index in [0.29, 0.717) is 19.4 Å². The van der Waals surface area contributed by atoms with Gasteiger partial charge in [0, 0.05) is 12.8 Å². The van der Waals surface area contributed by atoms with Crippen molar-refractivity contribution in [1.29, 1.82) is 0 Å². The zero-order valence-corrected chi connectivity index (χ0v) is 46.0. The molecule has 0 heterocycles. The lowest BCUT2D eigenvalue weighted by Gasteiger charge is -2.20. The van der Waals surface area contributed by atoms with Gasteiger partial charge < -0.3 is 20.3 Å². The molecule has 6 heteroatoms. The Morgan fingerprint density at radius 1 is 0.406 bits per heavy atom. The summed E-state index contributed by atoms with van der Waals surface area (Å²) in [5, 5.41) is 23.0. The first kappa shape index (κ1) is 66.8. The van der Waals surface area contributed by atoms with Crippen molar-refractivity contribution in [3.63, 3.8) is 0 Å². The Balaban J connectivity index is 3.45. The van der Waals surface area contributed by atoms with Gasteiger partial charge in [-0.05, 0) is 89.9 Å². The van der Waals surface area contributed by atoms with Crippen molar-refractivity contribution in [3.8, 4) is 0 Å². The summed E-state index contributed by atoms with van der Waals surface area (Å²) in [4.78, 5) is 24.5. The van der Waals surface area contributed by atoms with Crippen LogP contribution in [0.5, 0.6) is 0 Å². The smallest absolute Gasteiger partial charge is 0.305 e. The molecule has 2 atom stereocenters. The van der Waals surface area contributed by atoms with Crippen molar-refractivity contribution >= 4 is 11.9 Å². The molecule has 6 nitrogen and oxygen atoms in total. The predicted octanol–water partition coefficient (Wildman–Crippen LogP) is 19.0. The monoisotopic (exact) mass is 968 g/mol. The van der Waals surface area contributed by atoms with E-state index in [4.69, 9.17) is 4.74 Å². The van der Waals surface area contributed by atoms with Gasteiger partial charge in [0.2, 0.25) is 5.91 Å². The average molecular weight is 969 g/mol. The molecule has 0 saturated heterocycles. The van der Waals surface area contributed by atoms with Crippen LogP contribution in [0.1, 0.15) is 316 Å². The minimum atomic E-state index is -0.848. The van der Waals surface area contributed by atoms with Crippen molar-refractivity contribution in [3.05, 3.63) is 48.6 Å². The van der Waals surface area contributed by atoms with Crippen LogP contribution in [-0.2, 0) is 14.3 Å². The number of amides is 1. The molecular weight excluding hydrogens is 851 g/mol. The maximum absolute atomic E-state index is 12.4. The maximum atomic E-state index is 12.4. The highest BCUT2D eigenvalue weighted by Gasteiger charge is 2.18. The molecule has 0 fully saturated rings. The summed E-state index contributed by atoms with van der Waals surface area (Å²) >= 11 is 0. The third-order valence-electron chi connectivity index (χ3n) is 13.8. The van der Waals surface area contributed by atoms with Gasteiger partial charge in [-0.2, -0.15) is 0 Å². The lowest BCUT2D eigenvalue weighted by Crippen LogP contribution is -2.45. The second kappa shape index (κ2) is 58.4. The Kier molecular flexibility index (Phi) is 56.5. The molecule has 0 aliphatic carbocycles. The first-order valence-corrected chi connectivity index (χ1v) is 30.4. The van der Waals surface area contributed by atoms with Crippen LogP contribution in [0.2, 0.25) is 0 Å². The van der Waals surface area contributed by atoms with E-state index in [1.54, 1.807) is 6.08 Å². The van der Waals surface area contributed by atoms with E-state index in [-0.39, 0.29) is 18.5 Å². The molecule has 0 rings (SSSR count). The summed E-state index contributed by atoms with van der Waals surface area (Å²) in [5.74, 6) is -0.0750. The molecule has 69 heavy (non-hydrogen) atoms. The molecule has 2 unspecified atom stereocenters. The topological polar surface area (TPSA) is 95.9 Å². The molecule has 0 spiro atoms. The number of aliphatic hydroxyl groups excluding tert-OH is 2. The Morgan fingerprint density at radius 2 is 0.725 bits per heavy atom. The highest BCUT2D eigenvalue weighted by molar-refractivity contribution is 5.76. The van der Waals surface area contributed by atoms with E-state index in [2.05, 4.69) is 55.6 Å². The van der Waals surface area contributed by atoms with Crippen LogP contribution in [0.15, 0.2) is 48.6 Å². The van der Waals surface area contributed by atoms with Crippen molar-refractivity contribution in [2.75, 3.05) is 13.2 Å². The molecule has 0 aromatic rings. The highest BCUT2D eigenvalue weighted by Crippen LogP contribution is 2.16. The van der Waals surface area contributed by atoms with Crippen LogP contribution < -0.4 is 5.32 Å². The van der Waals surface area contributed by atoms with Crippen LogP contribution in [0, 0.1) is 0 Å². The van der Waals surface area contributed by atoms with Gasteiger partial charge in [-0.1, -0.05) is 262 Å². The van der Waals surface area contributed by atoms with Crippen LogP contribution >= 0.6 is 0 Å². The number of unbranched alkanes of at least 4 members (excludes halogenated alkanes) is 39. The summed E-state index contributed by atoms with van der Waals surface area (Å²) < 4.78 is 5.48. The van der Waals surface area contributed by atoms with Crippen LogP contribution in [0.3, 0.4) is 0 Å². The summed E-state index contributed by atoms with van der Waals surface area (Å²) in [5.41, 5.74) is 0. The number of carbonyl (C=O) groups is 2. The summed E-state index contributed by atoms with van der Waals surface area (Å²) in [7, 11) is 0. The fourth-order valence-electron chi connectivity index (χ4n) is 9.13. The number of hydrogen-bond acceptors (Lipinski definition) is 5. The van der Waals surface area contributed by atoms with Gasteiger partial charge in [0.05, 0.1) is 25.4 Å². The third kappa shape index (κ3) is 55.0. The number of nitrogens with one attached hydrogen (secondary N) is 1. The summed E-state index contributed by atoms with van der Waals surface area (Å²) in [6.45, 7) is 4.88. The van der Waals surface area contributed by atoms with Gasteiger partial charge in [0.15, 0.2) is 0 Å². The molecule has 0 aromatic heterocycles. The largest absolute Gasteiger partial charge is 0.466 e. The molecule has 0 saturated carbocycles. The normalized spacial score (nSPS) is 12.9. The van der Waals surface area contributed by atoms with E-state index in [0.717, 1.165) is 51.4 Å². The van der Waals surface area contributed by atoms with Crippen molar-refractivity contribution in [2.24, 2.45) is 0 Å². The van der Waals surface area contributed by atoms with Gasteiger partial charge in [-0.3, -0.25) is 9.59 Å². The molecule has 1 amide bonds. The molecule has 404 valence electrons. The standard InChI is InChI=1S/C63H117NO5/c1-3-5-7-9-11-13-15-17-29-33-37-41-45-49-53-57-63(68)69-58-54-50-46-42-38-34-31-28-26-24-22-20-18-19-21-23-25-27-30-32-36-40-44-48-52-56-62(67)64-60(59-65)61(66)55-51-47-43-39-35-16-14-12-10-8-6-4-2/h17,19-22,29,51,55,60-61,65-66H,3-16,18,23-28,30-50,52-54,56-59H2,1-2H3,(H,64,67)/b21-19-,22-20-,29-17-,55-51+. The minimum absolute atomic E-state index is 0.000162. The van der Waals surface area contributed by atoms with Crippen LogP contribution in [-0.4, -0.2) is 47.4 Å². The molecule has 3 N–H and O–H groups in total. The number of allylic oxidation sites excluding steroid dienone is 7. The number of ether oxygens (including phenoxy) is 1. The quantitative estimate of drug-likeness (QED) is 0.0321. The number of rotatable bonds is 56. The predicted molar refractivity (Wildman–Crippen MR) is 301 cm³/mol. The van der Waals surface area contributed by atoms with Crippen LogP contribution in [0.4, 0.5) is 0 Å². The summed E-state index contributed by atoms with van der Waals surface area (Å²) in [6.07, 6.45) is 74.3. The maximum Gasteiger partial charge on any atom is 0.305 e. The number of carbonyl (C=O) groups excluding carboxylic acids is 2. The van der Waals surface area contributed by atoms with Crippen molar-refractivity contribution in [1.82, 2.24) is 5.32 Å². The van der Waals surface area contributed by atoms with Gasteiger partial charge >= 0.3 is 5.97 Å². The lowest BCUT2D eigenvalue weighted by atomic mass is 10.0. The second-order valence-electron chi connectivity index (χ2n) is 20.7. The van der Waals surface area contributed by atoms with E-state index >= 15 is 0 Å². The number of hydrogen-bond donors (Lipinski definition) is 3. The van der Waals surface area contributed by atoms with E-state index in [1.165, 1.54) is 238 Å².